The molecule has 0 aromatic heterocycles. The normalized spacial score (nSPS) is 10.3. The molecule has 0 saturated heterocycles. The Bertz CT molecular complexity index is 439. The van der Waals surface area contributed by atoms with Gasteiger partial charge in [0.1, 0.15) is 0 Å². The van der Waals surface area contributed by atoms with Crippen molar-refractivity contribution in [3.8, 4) is 0 Å². The molecule has 0 unspecified atom stereocenters. The molecule has 0 bridgehead atoms. The lowest BCUT2D eigenvalue weighted by Crippen LogP contribution is -1.91. The van der Waals surface area contributed by atoms with Gasteiger partial charge in [-0.05, 0) is 23.8 Å². The third-order valence-corrected chi connectivity index (χ3v) is 3.84. The molecule has 0 saturated carbocycles. The zero-order valence-electron chi connectivity index (χ0n) is 8.69. The Morgan fingerprint density at radius 2 is 1.69 bits per heavy atom. The van der Waals surface area contributed by atoms with Gasteiger partial charge in [0.25, 0.3) is 0 Å². The van der Waals surface area contributed by atoms with E-state index in [2.05, 4.69) is 0 Å². The van der Waals surface area contributed by atoms with Crippen LogP contribution >= 0.6 is 23.4 Å². The summed E-state index contributed by atoms with van der Waals surface area (Å²) in [5.74, 6) is 0.844. The van der Waals surface area contributed by atoms with Crippen molar-refractivity contribution in [2.45, 2.75) is 10.6 Å². The van der Waals surface area contributed by atoms with E-state index in [0.717, 1.165) is 26.9 Å². The highest BCUT2D eigenvalue weighted by Gasteiger charge is 2.02. The number of rotatable bonds is 3. The number of hydrogen-bond acceptors (Lipinski definition) is 2. The van der Waals surface area contributed by atoms with Crippen LogP contribution in [0.1, 0.15) is 5.56 Å². The van der Waals surface area contributed by atoms with Crippen LogP contribution in [-0.2, 0) is 5.75 Å². The maximum Gasteiger partial charge on any atom is 0.0541 e. The number of nitrogen functional groups attached to an aromatic ring is 1. The summed E-state index contributed by atoms with van der Waals surface area (Å²) in [5, 5.41) is 0.794. The SMILES string of the molecule is Nc1ccccc1CSc1ccccc1Cl. The Balaban J connectivity index is 2.09. The highest BCUT2D eigenvalue weighted by molar-refractivity contribution is 7.98. The third-order valence-electron chi connectivity index (χ3n) is 2.27. The maximum absolute atomic E-state index is 6.08. The van der Waals surface area contributed by atoms with Crippen LogP contribution in [0.2, 0.25) is 5.02 Å². The summed E-state index contributed by atoms with van der Waals surface area (Å²) in [5.41, 5.74) is 7.86. The van der Waals surface area contributed by atoms with Crippen LogP contribution in [0.25, 0.3) is 0 Å². The lowest BCUT2D eigenvalue weighted by Gasteiger charge is -2.06. The molecule has 0 aliphatic carbocycles. The topological polar surface area (TPSA) is 26.0 Å². The van der Waals surface area contributed by atoms with Crippen molar-refractivity contribution in [1.82, 2.24) is 0 Å². The predicted octanol–water partition coefficient (Wildman–Crippen LogP) is 4.21. The Morgan fingerprint density at radius 3 is 2.44 bits per heavy atom. The third kappa shape index (κ3) is 2.71. The molecule has 0 spiro atoms. The molecular weight excluding hydrogens is 238 g/mol. The molecule has 2 rings (SSSR count). The molecule has 1 nitrogen and oxygen atoms in total. The van der Waals surface area contributed by atoms with Crippen LogP contribution < -0.4 is 5.73 Å². The van der Waals surface area contributed by atoms with Crippen LogP contribution in [0.5, 0.6) is 0 Å². The first kappa shape index (κ1) is 11.4. The van der Waals surface area contributed by atoms with Gasteiger partial charge in [0.2, 0.25) is 0 Å². The molecule has 0 radical (unpaired) electrons. The number of para-hydroxylation sites is 1. The van der Waals surface area contributed by atoms with Crippen LogP contribution in [-0.4, -0.2) is 0 Å². The minimum atomic E-state index is 0.794. The zero-order chi connectivity index (χ0) is 11.4. The van der Waals surface area contributed by atoms with E-state index in [0.29, 0.717) is 0 Å². The van der Waals surface area contributed by atoms with Crippen LogP contribution in [0, 0.1) is 0 Å². The van der Waals surface area contributed by atoms with Gasteiger partial charge < -0.3 is 5.73 Å². The van der Waals surface area contributed by atoms with Gasteiger partial charge in [-0.1, -0.05) is 41.9 Å². The first-order valence-electron chi connectivity index (χ1n) is 4.98. The molecule has 0 heterocycles. The largest absolute Gasteiger partial charge is 0.398 e. The van der Waals surface area contributed by atoms with Crippen molar-refractivity contribution >= 4 is 29.1 Å². The Labute approximate surface area is 105 Å². The van der Waals surface area contributed by atoms with Gasteiger partial charge in [-0.25, -0.2) is 0 Å². The predicted molar refractivity (Wildman–Crippen MR) is 71.9 cm³/mol. The van der Waals surface area contributed by atoms with E-state index in [1.807, 2.05) is 48.5 Å². The molecule has 0 aliphatic heterocycles. The van der Waals surface area contributed by atoms with E-state index in [-0.39, 0.29) is 0 Å². The van der Waals surface area contributed by atoms with Crippen molar-refractivity contribution in [3.63, 3.8) is 0 Å². The van der Waals surface area contributed by atoms with Crippen molar-refractivity contribution in [2.24, 2.45) is 0 Å². The van der Waals surface area contributed by atoms with E-state index in [4.69, 9.17) is 17.3 Å². The van der Waals surface area contributed by atoms with Gasteiger partial charge in [-0.2, -0.15) is 0 Å². The number of benzene rings is 2. The van der Waals surface area contributed by atoms with E-state index >= 15 is 0 Å². The van der Waals surface area contributed by atoms with Gasteiger partial charge in [-0.3, -0.25) is 0 Å². The lowest BCUT2D eigenvalue weighted by atomic mass is 10.2. The van der Waals surface area contributed by atoms with Gasteiger partial charge in [0, 0.05) is 16.3 Å². The molecule has 82 valence electrons. The van der Waals surface area contributed by atoms with E-state index < -0.39 is 0 Å². The fraction of sp³-hybridized carbons (Fsp3) is 0.0769. The number of anilines is 1. The van der Waals surface area contributed by atoms with Crippen LogP contribution in [0.3, 0.4) is 0 Å². The summed E-state index contributed by atoms with van der Waals surface area (Å²) >= 11 is 7.78. The summed E-state index contributed by atoms with van der Waals surface area (Å²) in [6, 6.07) is 15.7. The molecule has 0 aliphatic rings. The minimum absolute atomic E-state index is 0.794. The van der Waals surface area contributed by atoms with Crippen LogP contribution in [0.4, 0.5) is 5.69 Å². The Morgan fingerprint density at radius 1 is 1.00 bits per heavy atom. The monoisotopic (exact) mass is 249 g/mol. The van der Waals surface area contributed by atoms with Gasteiger partial charge in [0.15, 0.2) is 0 Å². The maximum atomic E-state index is 6.08. The molecule has 2 N–H and O–H groups in total. The van der Waals surface area contributed by atoms with Gasteiger partial charge in [-0.15, -0.1) is 11.8 Å². The first-order chi connectivity index (χ1) is 7.77. The average Bonchev–Trinajstić information content (AvgIpc) is 2.30. The Hall–Kier alpha value is -1.12. The summed E-state index contributed by atoms with van der Waals surface area (Å²) in [7, 11) is 0. The standard InChI is InChI=1S/C13H12ClNS/c14-11-6-2-4-8-13(11)16-9-10-5-1-3-7-12(10)15/h1-8H,9,15H2. The molecule has 0 amide bonds. The van der Waals surface area contributed by atoms with Crippen molar-refractivity contribution in [3.05, 3.63) is 59.1 Å². The second kappa shape index (κ2) is 5.28. The zero-order valence-corrected chi connectivity index (χ0v) is 10.3. The second-order valence-corrected chi connectivity index (χ2v) is 4.84. The highest BCUT2D eigenvalue weighted by atomic mass is 35.5. The fourth-order valence-electron chi connectivity index (χ4n) is 1.38. The van der Waals surface area contributed by atoms with Crippen molar-refractivity contribution in [2.75, 3.05) is 5.73 Å². The summed E-state index contributed by atoms with van der Waals surface area (Å²) in [6.45, 7) is 0. The highest BCUT2D eigenvalue weighted by Crippen LogP contribution is 2.30. The van der Waals surface area contributed by atoms with Crippen molar-refractivity contribution < 1.29 is 0 Å². The minimum Gasteiger partial charge on any atom is -0.398 e. The van der Waals surface area contributed by atoms with Crippen molar-refractivity contribution in [1.29, 1.82) is 0 Å². The van der Waals surface area contributed by atoms with Gasteiger partial charge >= 0.3 is 0 Å². The number of thioether (sulfide) groups is 1. The quantitative estimate of drug-likeness (QED) is 0.651. The smallest absolute Gasteiger partial charge is 0.0541 e. The average molecular weight is 250 g/mol. The summed E-state index contributed by atoms with van der Waals surface area (Å²) in [6.07, 6.45) is 0. The molecule has 16 heavy (non-hydrogen) atoms. The van der Waals surface area contributed by atoms with E-state index in [1.54, 1.807) is 11.8 Å². The van der Waals surface area contributed by atoms with E-state index in [1.165, 1.54) is 0 Å². The van der Waals surface area contributed by atoms with Crippen LogP contribution in [0.15, 0.2) is 53.4 Å². The summed E-state index contributed by atoms with van der Waals surface area (Å²) < 4.78 is 0. The number of nitrogens with two attached hydrogens (primary N) is 1. The second-order valence-electron chi connectivity index (χ2n) is 3.42. The molecule has 0 atom stereocenters. The number of hydrogen-bond donors (Lipinski definition) is 1. The lowest BCUT2D eigenvalue weighted by molar-refractivity contribution is 1.38. The number of halogens is 1. The fourth-order valence-corrected chi connectivity index (χ4v) is 2.64. The first-order valence-corrected chi connectivity index (χ1v) is 6.34. The molecular formula is C13H12ClNS. The molecule has 0 fully saturated rings. The Kier molecular flexibility index (Phi) is 3.75. The molecule has 3 heteroatoms. The molecule has 2 aromatic rings. The molecule has 2 aromatic carbocycles. The van der Waals surface area contributed by atoms with E-state index in [9.17, 15) is 0 Å². The van der Waals surface area contributed by atoms with Gasteiger partial charge in [0.05, 0.1) is 5.02 Å². The summed E-state index contributed by atoms with van der Waals surface area (Å²) in [4.78, 5) is 1.09.